The summed E-state index contributed by atoms with van der Waals surface area (Å²) in [6, 6.07) is 1.40. The molecule has 4 heteroatoms. The highest BCUT2D eigenvalue weighted by molar-refractivity contribution is 5.82. The van der Waals surface area contributed by atoms with Gasteiger partial charge in [0.2, 0.25) is 5.91 Å². The summed E-state index contributed by atoms with van der Waals surface area (Å²) >= 11 is 0. The molecule has 0 bridgehead atoms. The van der Waals surface area contributed by atoms with Crippen LogP contribution < -0.4 is 5.32 Å². The van der Waals surface area contributed by atoms with Gasteiger partial charge in [-0.3, -0.25) is 9.69 Å². The highest BCUT2D eigenvalue weighted by Gasteiger charge is 2.41. The first-order chi connectivity index (χ1) is 9.81. The van der Waals surface area contributed by atoms with E-state index in [9.17, 15) is 4.79 Å². The highest BCUT2D eigenvalue weighted by Crippen LogP contribution is 2.34. The fraction of sp³-hybridized carbons (Fsp3) is 0.938. The van der Waals surface area contributed by atoms with Crippen LogP contribution in [-0.2, 0) is 4.79 Å². The van der Waals surface area contributed by atoms with E-state index in [1.165, 1.54) is 45.1 Å². The predicted octanol–water partition coefficient (Wildman–Crippen LogP) is 1.21. The molecular weight excluding hydrogens is 250 g/mol. The molecule has 0 spiro atoms. The van der Waals surface area contributed by atoms with Gasteiger partial charge in [-0.2, -0.15) is 0 Å². The molecule has 4 atom stereocenters. The smallest absolute Gasteiger partial charge is 0.239 e. The quantitative estimate of drug-likeness (QED) is 0.782. The maximum absolute atomic E-state index is 12.8. The molecule has 1 aliphatic carbocycles. The number of amides is 1. The summed E-state index contributed by atoms with van der Waals surface area (Å²) in [6.45, 7) is 4.27. The van der Waals surface area contributed by atoms with Crippen LogP contribution in [0.4, 0.5) is 0 Å². The Morgan fingerprint density at radius 3 is 2.80 bits per heavy atom. The average molecular weight is 277 g/mol. The lowest BCUT2D eigenvalue weighted by atomic mass is 9.85. The lowest BCUT2D eigenvalue weighted by molar-refractivity contribution is -0.135. The van der Waals surface area contributed by atoms with Crippen LogP contribution in [0.15, 0.2) is 0 Å². The molecule has 0 aromatic rings. The molecule has 20 heavy (non-hydrogen) atoms. The molecule has 4 fully saturated rings. The molecule has 0 radical (unpaired) electrons. The minimum Gasteiger partial charge on any atom is -0.338 e. The average Bonchev–Trinajstić information content (AvgIpc) is 3.11. The van der Waals surface area contributed by atoms with Crippen molar-refractivity contribution < 1.29 is 4.79 Å². The molecule has 1 amide bonds. The van der Waals surface area contributed by atoms with Gasteiger partial charge >= 0.3 is 0 Å². The second kappa shape index (κ2) is 5.30. The van der Waals surface area contributed by atoms with E-state index in [0.717, 1.165) is 32.0 Å². The lowest BCUT2D eigenvalue weighted by Gasteiger charge is -2.38. The highest BCUT2D eigenvalue weighted by atomic mass is 16.2. The number of nitrogens with one attached hydrogen (secondary N) is 1. The maximum atomic E-state index is 12.8. The molecule has 0 aromatic carbocycles. The topological polar surface area (TPSA) is 35.6 Å². The molecule has 4 nitrogen and oxygen atoms in total. The Kier molecular flexibility index (Phi) is 3.47. The first-order valence-corrected chi connectivity index (χ1v) is 8.60. The van der Waals surface area contributed by atoms with E-state index >= 15 is 0 Å². The summed E-state index contributed by atoms with van der Waals surface area (Å²) < 4.78 is 0. The van der Waals surface area contributed by atoms with Gasteiger partial charge in [-0.1, -0.05) is 12.8 Å². The summed E-state index contributed by atoms with van der Waals surface area (Å²) in [7, 11) is 0. The van der Waals surface area contributed by atoms with Gasteiger partial charge in [0.1, 0.15) is 0 Å². The van der Waals surface area contributed by atoms with Crippen molar-refractivity contribution in [3.63, 3.8) is 0 Å². The second-order valence-corrected chi connectivity index (χ2v) is 7.22. The molecule has 4 unspecified atom stereocenters. The summed E-state index contributed by atoms with van der Waals surface area (Å²) in [4.78, 5) is 17.5. The van der Waals surface area contributed by atoms with E-state index in [0.29, 0.717) is 18.0 Å². The van der Waals surface area contributed by atoms with Crippen molar-refractivity contribution in [2.24, 2.45) is 5.92 Å². The molecular formula is C16H27N3O. The monoisotopic (exact) mass is 277 g/mol. The molecule has 3 heterocycles. The zero-order valence-corrected chi connectivity index (χ0v) is 12.4. The van der Waals surface area contributed by atoms with Gasteiger partial charge in [0.25, 0.3) is 0 Å². The van der Waals surface area contributed by atoms with Crippen molar-refractivity contribution in [1.82, 2.24) is 15.1 Å². The Bertz CT molecular complexity index is 368. The third-order valence-electron chi connectivity index (χ3n) is 6.06. The first kappa shape index (κ1) is 13.1. The van der Waals surface area contributed by atoms with Crippen molar-refractivity contribution in [2.45, 2.75) is 63.1 Å². The van der Waals surface area contributed by atoms with Crippen molar-refractivity contribution in [1.29, 1.82) is 0 Å². The van der Waals surface area contributed by atoms with E-state index < -0.39 is 0 Å². The van der Waals surface area contributed by atoms with Crippen LogP contribution in [0.1, 0.15) is 44.9 Å². The van der Waals surface area contributed by atoms with E-state index in [-0.39, 0.29) is 6.04 Å². The number of piperazine rings is 1. The SMILES string of the molecule is O=C(C1CC2CCCCC2N1)N1CCN2CCCC2C1. The van der Waals surface area contributed by atoms with Gasteiger partial charge in [0.15, 0.2) is 0 Å². The van der Waals surface area contributed by atoms with Crippen LogP contribution in [0.2, 0.25) is 0 Å². The molecule has 3 saturated heterocycles. The Labute approximate surface area is 121 Å². The summed E-state index contributed by atoms with van der Waals surface area (Å²) in [5.74, 6) is 1.16. The first-order valence-electron chi connectivity index (χ1n) is 8.60. The second-order valence-electron chi connectivity index (χ2n) is 7.22. The zero-order valence-electron chi connectivity index (χ0n) is 12.4. The van der Waals surface area contributed by atoms with Crippen LogP contribution in [0.3, 0.4) is 0 Å². The van der Waals surface area contributed by atoms with Gasteiger partial charge < -0.3 is 10.2 Å². The van der Waals surface area contributed by atoms with Gasteiger partial charge in [0, 0.05) is 31.7 Å². The fourth-order valence-corrected chi connectivity index (χ4v) is 4.92. The molecule has 1 saturated carbocycles. The summed E-state index contributed by atoms with van der Waals surface area (Å²) in [5, 5.41) is 3.64. The Morgan fingerprint density at radius 2 is 1.90 bits per heavy atom. The third-order valence-corrected chi connectivity index (χ3v) is 6.06. The Morgan fingerprint density at radius 1 is 1.00 bits per heavy atom. The van der Waals surface area contributed by atoms with E-state index in [1.807, 2.05) is 0 Å². The number of hydrogen-bond acceptors (Lipinski definition) is 3. The van der Waals surface area contributed by atoms with Gasteiger partial charge in [0.05, 0.1) is 6.04 Å². The van der Waals surface area contributed by atoms with Gasteiger partial charge in [-0.05, 0) is 44.6 Å². The molecule has 112 valence electrons. The van der Waals surface area contributed by atoms with Crippen molar-refractivity contribution in [2.75, 3.05) is 26.2 Å². The van der Waals surface area contributed by atoms with Crippen molar-refractivity contribution in [3.05, 3.63) is 0 Å². The van der Waals surface area contributed by atoms with E-state index in [4.69, 9.17) is 0 Å². The number of nitrogens with zero attached hydrogens (tertiary/aromatic N) is 2. The number of rotatable bonds is 1. The molecule has 1 N–H and O–H groups in total. The number of hydrogen-bond donors (Lipinski definition) is 1. The summed E-state index contributed by atoms with van der Waals surface area (Å²) in [5.41, 5.74) is 0. The fourth-order valence-electron chi connectivity index (χ4n) is 4.92. The minimum absolute atomic E-state index is 0.121. The normalized spacial score (nSPS) is 41.5. The van der Waals surface area contributed by atoms with Crippen LogP contribution in [0.5, 0.6) is 0 Å². The number of carbonyl (C=O) groups is 1. The minimum atomic E-state index is 0.121. The van der Waals surface area contributed by atoms with Crippen LogP contribution in [0.25, 0.3) is 0 Å². The Balaban J connectivity index is 1.38. The molecule has 4 rings (SSSR count). The molecule has 4 aliphatic rings. The Hall–Kier alpha value is -0.610. The van der Waals surface area contributed by atoms with Crippen LogP contribution >= 0.6 is 0 Å². The zero-order chi connectivity index (χ0) is 13.5. The standard InChI is InChI=1S/C16H27N3O/c20-16(15-10-12-4-1-2-6-14(12)17-15)19-9-8-18-7-3-5-13(18)11-19/h12-15,17H,1-11H2. The van der Waals surface area contributed by atoms with E-state index in [2.05, 4.69) is 15.1 Å². The van der Waals surface area contributed by atoms with Crippen LogP contribution in [0, 0.1) is 5.92 Å². The van der Waals surface area contributed by atoms with Crippen molar-refractivity contribution >= 4 is 5.91 Å². The predicted molar refractivity (Wildman–Crippen MR) is 78.5 cm³/mol. The third kappa shape index (κ3) is 2.27. The maximum Gasteiger partial charge on any atom is 0.239 e. The number of fused-ring (bicyclic) bond motifs is 2. The van der Waals surface area contributed by atoms with Crippen molar-refractivity contribution in [3.8, 4) is 0 Å². The van der Waals surface area contributed by atoms with Gasteiger partial charge in [-0.25, -0.2) is 0 Å². The lowest BCUT2D eigenvalue weighted by Crippen LogP contribution is -2.55. The number of carbonyl (C=O) groups excluding carboxylic acids is 1. The molecule has 0 aromatic heterocycles. The largest absolute Gasteiger partial charge is 0.338 e. The molecule has 3 aliphatic heterocycles. The van der Waals surface area contributed by atoms with E-state index in [1.54, 1.807) is 0 Å². The van der Waals surface area contributed by atoms with Crippen LogP contribution in [-0.4, -0.2) is 60.0 Å². The van der Waals surface area contributed by atoms with Gasteiger partial charge in [-0.15, -0.1) is 0 Å². The summed E-state index contributed by atoms with van der Waals surface area (Å²) in [6.07, 6.45) is 9.02.